The number of rotatable bonds is 11. The third-order valence-corrected chi connectivity index (χ3v) is 8.29. The fourth-order valence-corrected chi connectivity index (χ4v) is 6.13. The molecule has 0 aromatic carbocycles. The highest BCUT2D eigenvalue weighted by atomic mass is 32.2. The highest BCUT2D eigenvalue weighted by Gasteiger charge is 2.33. The normalized spacial score (nSPS) is 17.4. The number of aromatic nitrogens is 1. The van der Waals surface area contributed by atoms with Crippen molar-refractivity contribution < 1.29 is 14.7 Å². The van der Waals surface area contributed by atoms with Crippen molar-refractivity contribution in [2.75, 3.05) is 24.5 Å². The number of carboxylic acids is 1. The zero-order valence-corrected chi connectivity index (χ0v) is 23.4. The Morgan fingerprint density at radius 1 is 1.11 bits per heavy atom. The quantitative estimate of drug-likeness (QED) is 0.234. The first-order valence-electron chi connectivity index (χ1n) is 13.2. The van der Waals surface area contributed by atoms with Gasteiger partial charge < -0.3 is 10.0 Å². The van der Waals surface area contributed by atoms with Crippen LogP contribution in [0, 0.1) is 18.3 Å². The topological polar surface area (TPSA) is 107 Å². The van der Waals surface area contributed by atoms with Crippen LogP contribution >= 0.6 is 24.0 Å². The number of carboxylic acid groups (broad SMARTS) is 1. The molecule has 1 aromatic rings. The number of aliphatic carboxylic acids is 1. The van der Waals surface area contributed by atoms with Crippen molar-refractivity contribution in [1.82, 2.24) is 9.47 Å². The molecule has 10 heteroatoms. The van der Waals surface area contributed by atoms with Crippen LogP contribution in [0.3, 0.4) is 0 Å². The second-order valence-electron chi connectivity index (χ2n) is 9.60. The van der Waals surface area contributed by atoms with Crippen LogP contribution < -0.4 is 10.5 Å². The van der Waals surface area contributed by atoms with E-state index in [2.05, 4.69) is 17.9 Å². The lowest BCUT2D eigenvalue weighted by molar-refractivity contribution is -0.137. The summed E-state index contributed by atoms with van der Waals surface area (Å²) >= 11 is 6.75. The smallest absolute Gasteiger partial charge is 0.303 e. The summed E-state index contributed by atoms with van der Waals surface area (Å²) in [4.78, 5) is 41.8. The van der Waals surface area contributed by atoms with Crippen molar-refractivity contribution in [3.05, 3.63) is 31.9 Å². The summed E-state index contributed by atoms with van der Waals surface area (Å²) in [5.74, 6) is -0.198. The van der Waals surface area contributed by atoms with E-state index in [9.17, 15) is 19.6 Å². The third-order valence-electron chi connectivity index (χ3n) is 6.91. The van der Waals surface area contributed by atoms with Gasteiger partial charge in [-0.2, -0.15) is 5.26 Å². The van der Waals surface area contributed by atoms with Crippen LogP contribution in [0.2, 0.25) is 0 Å². The van der Waals surface area contributed by atoms with Gasteiger partial charge in [0.2, 0.25) is 0 Å². The van der Waals surface area contributed by atoms with Crippen LogP contribution in [-0.2, 0) is 16.1 Å². The van der Waals surface area contributed by atoms with Crippen molar-refractivity contribution >= 4 is 52.1 Å². The zero-order valence-electron chi connectivity index (χ0n) is 21.8. The second-order valence-corrected chi connectivity index (χ2v) is 11.3. The first kappa shape index (κ1) is 28.9. The van der Waals surface area contributed by atoms with Gasteiger partial charge in [-0.3, -0.25) is 23.9 Å². The molecular weight excluding hydrogens is 508 g/mol. The standard InChI is InChI=1S/C27H36N4O4S2/c1-3-4-15-30-24(29-13-9-5-6-10-14-29)20(19(2)21(18-28)25(30)34)17-22-26(35)31(27(36)37-22)16-11-7-8-12-23(32)33/h17H,3-16H2,1-2H3,(H,32,33)/b22-17-. The van der Waals surface area contributed by atoms with E-state index in [4.69, 9.17) is 17.3 Å². The molecule has 0 atom stereocenters. The highest BCUT2D eigenvalue weighted by molar-refractivity contribution is 8.26. The lowest BCUT2D eigenvalue weighted by Gasteiger charge is -2.29. The van der Waals surface area contributed by atoms with Gasteiger partial charge in [0.05, 0.1) is 4.91 Å². The Bertz CT molecular complexity index is 1160. The molecule has 3 heterocycles. The molecular formula is C27H36N4O4S2. The summed E-state index contributed by atoms with van der Waals surface area (Å²) in [6.07, 6.45) is 9.97. The van der Waals surface area contributed by atoms with E-state index in [-0.39, 0.29) is 23.5 Å². The van der Waals surface area contributed by atoms with E-state index in [0.717, 1.165) is 63.0 Å². The molecule has 2 aliphatic rings. The molecule has 1 N–H and O–H groups in total. The number of unbranched alkanes of at least 4 members (excludes halogenated alkanes) is 3. The van der Waals surface area contributed by atoms with Gasteiger partial charge in [-0.25, -0.2) is 0 Å². The number of anilines is 1. The van der Waals surface area contributed by atoms with E-state index in [0.29, 0.717) is 47.1 Å². The molecule has 0 spiro atoms. The summed E-state index contributed by atoms with van der Waals surface area (Å²) in [5, 5.41) is 18.7. The summed E-state index contributed by atoms with van der Waals surface area (Å²) < 4.78 is 2.22. The Kier molecular flexibility index (Phi) is 10.8. The minimum atomic E-state index is -0.818. The molecule has 2 fully saturated rings. The number of pyridine rings is 1. The fourth-order valence-electron chi connectivity index (χ4n) is 4.84. The van der Waals surface area contributed by atoms with Crippen LogP contribution in [0.1, 0.15) is 87.8 Å². The molecule has 3 rings (SSSR count). The van der Waals surface area contributed by atoms with E-state index in [1.165, 1.54) is 11.8 Å². The van der Waals surface area contributed by atoms with Gasteiger partial charge in [-0.05, 0) is 50.7 Å². The molecule has 37 heavy (non-hydrogen) atoms. The van der Waals surface area contributed by atoms with Crippen molar-refractivity contribution in [3.63, 3.8) is 0 Å². The van der Waals surface area contributed by atoms with E-state index >= 15 is 0 Å². The monoisotopic (exact) mass is 544 g/mol. The van der Waals surface area contributed by atoms with Gasteiger partial charge in [0.15, 0.2) is 0 Å². The Morgan fingerprint density at radius 2 is 1.81 bits per heavy atom. The van der Waals surface area contributed by atoms with Crippen LogP contribution in [-0.4, -0.2) is 50.4 Å². The molecule has 0 radical (unpaired) electrons. The van der Waals surface area contributed by atoms with E-state index in [1.807, 2.05) is 6.08 Å². The Labute approximate surface area is 228 Å². The maximum absolute atomic E-state index is 13.4. The first-order valence-corrected chi connectivity index (χ1v) is 14.4. The van der Waals surface area contributed by atoms with Crippen molar-refractivity contribution in [3.8, 4) is 6.07 Å². The van der Waals surface area contributed by atoms with E-state index < -0.39 is 5.97 Å². The summed E-state index contributed by atoms with van der Waals surface area (Å²) in [7, 11) is 0. The van der Waals surface area contributed by atoms with Gasteiger partial charge in [0.1, 0.15) is 21.8 Å². The van der Waals surface area contributed by atoms with Gasteiger partial charge in [-0.15, -0.1) is 0 Å². The van der Waals surface area contributed by atoms with Gasteiger partial charge in [-0.1, -0.05) is 56.6 Å². The molecule has 8 nitrogen and oxygen atoms in total. The zero-order chi connectivity index (χ0) is 26.9. The van der Waals surface area contributed by atoms with Crippen molar-refractivity contribution in [1.29, 1.82) is 5.26 Å². The minimum Gasteiger partial charge on any atom is -0.481 e. The predicted octanol–water partition coefficient (Wildman–Crippen LogP) is 5.06. The number of nitriles is 1. The molecule has 0 aliphatic carbocycles. The van der Waals surface area contributed by atoms with Crippen molar-refractivity contribution in [2.45, 2.75) is 84.6 Å². The largest absolute Gasteiger partial charge is 0.481 e. The molecule has 1 aromatic heterocycles. The summed E-state index contributed by atoms with van der Waals surface area (Å²) in [6.45, 7) is 6.49. The first-order chi connectivity index (χ1) is 17.8. The summed E-state index contributed by atoms with van der Waals surface area (Å²) in [6, 6.07) is 2.11. The molecule has 0 unspecified atom stereocenters. The lowest BCUT2D eigenvalue weighted by atomic mass is 10.0. The van der Waals surface area contributed by atoms with Gasteiger partial charge in [0, 0.05) is 38.2 Å². The van der Waals surface area contributed by atoms with Crippen LogP contribution in [0.25, 0.3) is 6.08 Å². The average Bonchev–Trinajstić information content (AvgIpc) is 3.02. The van der Waals surface area contributed by atoms with Crippen LogP contribution in [0.15, 0.2) is 9.70 Å². The molecule has 0 saturated carbocycles. The number of carbonyl (C=O) groups excluding carboxylic acids is 1. The number of carbonyl (C=O) groups is 2. The fraction of sp³-hybridized carbons (Fsp3) is 0.593. The van der Waals surface area contributed by atoms with Crippen molar-refractivity contribution in [2.24, 2.45) is 0 Å². The number of amides is 1. The third kappa shape index (κ3) is 7.02. The van der Waals surface area contributed by atoms with Crippen LogP contribution in [0.5, 0.6) is 0 Å². The average molecular weight is 545 g/mol. The Balaban J connectivity index is 2.01. The maximum Gasteiger partial charge on any atom is 0.303 e. The van der Waals surface area contributed by atoms with Gasteiger partial charge in [0.25, 0.3) is 11.5 Å². The molecule has 1 amide bonds. The predicted molar refractivity (Wildman–Crippen MR) is 152 cm³/mol. The van der Waals surface area contributed by atoms with E-state index in [1.54, 1.807) is 16.4 Å². The minimum absolute atomic E-state index is 0.117. The highest BCUT2D eigenvalue weighted by Crippen LogP contribution is 2.36. The maximum atomic E-state index is 13.4. The molecule has 2 aliphatic heterocycles. The summed E-state index contributed by atoms with van der Waals surface area (Å²) in [5.41, 5.74) is 1.20. The Morgan fingerprint density at radius 3 is 2.43 bits per heavy atom. The molecule has 0 bridgehead atoms. The SMILES string of the molecule is CCCCn1c(N2CCCCCC2)c(/C=C2\SC(=S)N(CCCCCC(=O)O)C2=O)c(C)c(C#N)c1=O. The number of hydrogen-bond acceptors (Lipinski definition) is 7. The number of thiocarbonyl (C=S) groups is 1. The number of hydrogen-bond donors (Lipinski definition) is 1. The molecule has 200 valence electrons. The second kappa shape index (κ2) is 13.8. The van der Waals surface area contributed by atoms with Crippen LogP contribution in [0.4, 0.5) is 5.82 Å². The number of nitrogens with zero attached hydrogens (tertiary/aromatic N) is 4. The number of thioether (sulfide) groups is 1. The van der Waals surface area contributed by atoms with Gasteiger partial charge >= 0.3 is 5.97 Å². The molecule has 2 saturated heterocycles. The Hall–Kier alpha value is -2.64. The lowest BCUT2D eigenvalue weighted by Crippen LogP contribution is -2.35.